The summed E-state index contributed by atoms with van der Waals surface area (Å²) in [5.74, 6) is -0.0452. The molecule has 78 valence electrons. The van der Waals surface area contributed by atoms with E-state index >= 15 is 0 Å². The number of allylic oxidation sites excluding steroid dienone is 1. The molecular formula is C12H10Cl2O. The summed E-state index contributed by atoms with van der Waals surface area (Å²) in [6.45, 7) is 1.78. The van der Waals surface area contributed by atoms with Gasteiger partial charge in [0.1, 0.15) is 4.84 Å². The van der Waals surface area contributed by atoms with Crippen molar-refractivity contribution >= 4 is 35.1 Å². The van der Waals surface area contributed by atoms with E-state index in [4.69, 9.17) is 23.2 Å². The van der Waals surface area contributed by atoms with E-state index in [1.165, 1.54) is 0 Å². The van der Waals surface area contributed by atoms with Crippen molar-refractivity contribution in [3.05, 3.63) is 41.5 Å². The van der Waals surface area contributed by atoms with E-state index < -0.39 is 10.3 Å². The van der Waals surface area contributed by atoms with E-state index in [-0.39, 0.29) is 5.78 Å². The fraction of sp³-hybridized carbons (Fsp3) is 0.250. The Hall–Kier alpha value is -0.790. The molecule has 1 aromatic rings. The molecule has 0 aromatic heterocycles. The molecule has 1 atom stereocenters. The van der Waals surface area contributed by atoms with Gasteiger partial charge in [-0.05, 0) is 24.1 Å². The van der Waals surface area contributed by atoms with Crippen molar-refractivity contribution in [1.82, 2.24) is 0 Å². The average Bonchev–Trinajstić information content (AvgIpc) is 2.23. The fourth-order valence-corrected chi connectivity index (χ4v) is 2.26. The second-order valence-electron chi connectivity index (χ2n) is 3.79. The Bertz CT molecular complexity index is 437. The second kappa shape index (κ2) is 3.66. The first kappa shape index (κ1) is 10.7. The number of alkyl halides is 2. The average molecular weight is 241 g/mol. The molecule has 0 spiro atoms. The smallest absolute Gasteiger partial charge is 0.168 e. The molecule has 1 nitrogen and oxygen atoms in total. The lowest BCUT2D eigenvalue weighted by molar-refractivity contribution is -0.119. The van der Waals surface area contributed by atoms with Gasteiger partial charge in [-0.2, -0.15) is 0 Å². The summed E-state index contributed by atoms with van der Waals surface area (Å²) in [7, 11) is 0. The Morgan fingerprint density at radius 3 is 2.53 bits per heavy atom. The van der Waals surface area contributed by atoms with Gasteiger partial charge >= 0.3 is 0 Å². The Kier molecular flexibility index (Phi) is 2.61. The van der Waals surface area contributed by atoms with Crippen LogP contribution < -0.4 is 0 Å². The third kappa shape index (κ3) is 1.51. The molecule has 1 aliphatic carbocycles. The first-order chi connectivity index (χ1) is 7.06. The molecule has 0 heterocycles. The van der Waals surface area contributed by atoms with Crippen LogP contribution >= 0.6 is 23.2 Å². The number of carbonyl (C=O) groups excluding carboxylic acids is 1. The molecule has 0 bridgehead atoms. The number of benzene rings is 1. The van der Waals surface area contributed by atoms with Crippen LogP contribution in [0.3, 0.4) is 0 Å². The van der Waals surface area contributed by atoms with Gasteiger partial charge in [-0.3, -0.25) is 4.79 Å². The normalized spacial score (nSPS) is 24.4. The van der Waals surface area contributed by atoms with Crippen molar-refractivity contribution in [3.63, 3.8) is 0 Å². The van der Waals surface area contributed by atoms with Crippen LogP contribution in [0.5, 0.6) is 0 Å². The molecule has 0 unspecified atom stereocenters. The molecule has 2 rings (SSSR count). The highest BCUT2D eigenvalue weighted by Gasteiger charge is 2.42. The highest BCUT2D eigenvalue weighted by Crippen LogP contribution is 2.39. The van der Waals surface area contributed by atoms with Crippen molar-refractivity contribution in [2.24, 2.45) is 0 Å². The topological polar surface area (TPSA) is 17.1 Å². The predicted octanol–water partition coefficient (Wildman–Crippen LogP) is 3.34. The SMILES string of the molecule is C[C@@]1(C(Cl)Cl)C(=O)C=Cc2ccccc21. The molecule has 0 fully saturated rings. The number of ketones is 1. The first-order valence-electron chi connectivity index (χ1n) is 4.67. The van der Waals surface area contributed by atoms with E-state index in [0.29, 0.717) is 0 Å². The number of fused-ring (bicyclic) bond motifs is 1. The summed E-state index contributed by atoms with van der Waals surface area (Å²) in [6.07, 6.45) is 3.34. The number of hydrogen-bond acceptors (Lipinski definition) is 1. The summed E-state index contributed by atoms with van der Waals surface area (Å²) >= 11 is 11.9. The molecule has 0 saturated carbocycles. The minimum atomic E-state index is -0.825. The number of hydrogen-bond donors (Lipinski definition) is 0. The number of carbonyl (C=O) groups is 1. The van der Waals surface area contributed by atoms with Crippen LogP contribution in [0.1, 0.15) is 18.1 Å². The second-order valence-corrected chi connectivity index (χ2v) is 4.88. The molecule has 3 heteroatoms. The summed E-state index contributed by atoms with van der Waals surface area (Å²) in [5.41, 5.74) is 1.08. The zero-order valence-electron chi connectivity index (χ0n) is 8.21. The van der Waals surface area contributed by atoms with Crippen LogP contribution in [0.2, 0.25) is 0 Å². The third-order valence-corrected chi connectivity index (χ3v) is 3.76. The Morgan fingerprint density at radius 1 is 1.20 bits per heavy atom. The molecule has 15 heavy (non-hydrogen) atoms. The van der Waals surface area contributed by atoms with Gasteiger partial charge in [-0.15, -0.1) is 23.2 Å². The van der Waals surface area contributed by atoms with Gasteiger partial charge in [-0.1, -0.05) is 30.3 Å². The maximum atomic E-state index is 11.9. The van der Waals surface area contributed by atoms with Crippen molar-refractivity contribution in [2.45, 2.75) is 17.2 Å². The molecule has 1 aromatic carbocycles. The Morgan fingerprint density at radius 2 is 1.87 bits per heavy atom. The van der Waals surface area contributed by atoms with Crippen LogP contribution in [-0.2, 0) is 10.2 Å². The lowest BCUT2D eigenvalue weighted by atomic mass is 9.74. The molecule has 1 aliphatic rings. The van der Waals surface area contributed by atoms with Crippen LogP contribution in [0.4, 0.5) is 0 Å². The van der Waals surface area contributed by atoms with Crippen molar-refractivity contribution in [1.29, 1.82) is 0 Å². The summed E-state index contributed by atoms with van der Waals surface area (Å²) in [6, 6.07) is 7.66. The van der Waals surface area contributed by atoms with Gasteiger partial charge < -0.3 is 0 Å². The van der Waals surface area contributed by atoms with Gasteiger partial charge in [0.25, 0.3) is 0 Å². The van der Waals surface area contributed by atoms with Crippen LogP contribution in [0, 0.1) is 0 Å². The van der Waals surface area contributed by atoms with Crippen molar-refractivity contribution in [3.8, 4) is 0 Å². The standard InChI is InChI=1S/C12H10Cl2O/c1-12(11(13)14)9-5-3-2-4-8(9)6-7-10(12)15/h2-7,11H,1H3/t12-/m0/s1. The van der Waals surface area contributed by atoms with Crippen LogP contribution in [0.15, 0.2) is 30.3 Å². The zero-order chi connectivity index (χ0) is 11.1. The maximum Gasteiger partial charge on any atom is 0.168 e. The van der Waals surface area contributed by atoms with Crippen molar-refractivity contribution < 1.29 is 4.79 Å². The zero-order valence-corrected chi connectivity index (χ0v) is 9.72. The van der Waals surface area contributed by atoms with Crippen LogP contribution in [-0.4, -0.2) is 10.6 Å². The lowest BCUT2D eigenvalue weighted by Crippen LogP contribution is -2.39. The Labute approximate surface area is 98.7 Å². The van der Waals surface area contributed by atoms with Gasteiger partial charge in [0, 0.05) is 0 Å². The Balaban J connectivity index is 2.66. The molecule has 0 radical (unpaired) electrons. The monoisotopic (exact) mass is 240 g/mol. The van der Waals surface area contributed by atoms with Crippen molar-refractivity contribution in [2.75, 3.05) is 0 Å². The van der Waals surface area contributed by atoms with Gasteiger partial charge in [-0.25, -0.2) is 0 Å². The molecule has 0 amide bonds. The number of halogens is 2. The maximum absolute atomic E-state index is 11.9. The largest absolute Gasteiger partial charge is 0.294 e. The van der Waals surface area contributed by atoms with Gasteiger partial charge in [0.15, 0.2) is 5.78 Å². The van der Waals surface area contributed by atoms with E-state index in [9.17, 15) is 4.79 Å². The summed E-state index contributed by atoms with van der Waals surface area (Å²) in [4.78, 5) is 11.1. The van der Waals surface area contributed by atoms with E-state index in [0.717, 1.165) is 11.1 Å². The van der Waals surface area contributed by atoms with E-state index in [2.05, 4.69) is 0 Å². The number of rotatable bonds is 1. The quantitative estimate of drug-likeness (QED) is 0.689. The fourth-order valence-electron chi connectivity index (χ4n) is 1.81. The molecule has 0 saturated heterocycles. The molecular weight excluding hydrogens is 231 g/mol. The molecule has 0 N–H and O–H groups in total. The first-order valence-corrected chi connectivity index (χ1v) is 5.54. The molecule has 0 aliphatic heterocycles. The summed E-state index contributed by atoms with van der Waals surface area (Å²) < 4.78 is 0. The van der Waals surface area contributed by atoms with Gasteiger partial charge in [0.05, 0.1) is 5.41 Å². The van der Waals surface area contributed by atoms with Gasteiger partial charge in [0.2, 0.25) is 0 Å². The minimum Gasteiger partial charge on any atom is -0.294 e. The third-order valence-electron chi connectivity index (χ3n) is 2.88. The lowest BCUT2D eigenvalue weighted by Gasteiger charge is -2.32. The summed E-state index contributed by atoms with van der Waals surface area (Å²) in [5, 5.41) is 0. The van der Waals surface area contributed by atoms with Crippen LogP contribution in [0.25, 0.3) is 6.08 Å². The van der Waals surface area contributed by atoms with E-state index in [1.807, 2.05) is 24.3 Å². The highest BCUT2D eigenvalue weighted by atomic mass is 35.5. The minimum absolute atomic E-state index is 0.0452. The predicted molar refractivity (Wildman–Crippen MR) is 63.3 cm³/mol. The highest BCUT2D eigenvalue weighted by molar-refractivity contribution is 6.47. The van der Waals surface area contributed by atoms with E-state index in [1.54, 1.807) is 19.1 Å².